The van der Waals surface area contributed by atoms with Crippen molar-refractivity contribution in [3.63, 3.8) is 0 Å². The SMILES string of the molecule is C=CC(=O)Nc1cc(Nc2cc(N3OCC[C@@H]3c3ccc(Cl)c(F)c3)ncn2)c(OC)cc1N1CCC(N2CCN(CC)CC2)CC1. The minimum absolute atomic E-state index is 0.0712. The Morgan fingerprint density at radius 3 is 2.57 bits per heavy atom. The van der Waals surface area contributed by atoms with E-state index in [0.717, 1.165) is 69.9 Å². The van der Waals surface area contributed by atoms with E-state index in [1.54, 1.807) is 30.4 Å². The summed E-state index contributed by atoms with van der Waals surface area (Å²) in [4.78, 5) is 34.8. The van der Waals surface area contributed by atoms with Gasteiger partial charge < -0.3 is 25.2 Å². The quantitative estimate of drug-likeness (QED) is 0.265. The number of halogens is 2. The number of hydroxylamine groups is 1. The van der Waals surface area contributed by atoms with Crippen molar-refractivity contribution in [2.75, 3.05) is 80.1 Å². The number of ether oxygens (including phenoxy) is 1. The number of hydrogen-bond acceptors (Lipinski definition) is 10. The van der Waals surface area contributed by atoms with Crippen LogP contribution in [0.1, 0.15) is 37.8 Å². The second-order valence-electron chi connectivity index (χ2n) is 12.0. The molecule has 0 saturated carbocycles. The lowest BCUT2D eigenvalue weighted by molar-refractivity contribution is -0.111. The van der Waals surface area contributed by atoms with E-state index in [2.05, 4.69) is 48.8 Å². The number of carbonyl (C=O) groups is 1. The van der Waals surface area contributed by atoms with Gasteiger partial charge in [0.2, 0.25) is 5.91 Å². The molecule has 3 aliphatic heterocycles. The van der Waals surface area contributed by atoms with Gasteiger partial charge >= 0.3 is 0 Å². The van der Waals surface area contributed by atoms with E-state index < -0.39 is 5.82 Å². The first-order valence-corrected chi connectivity index (χ1v) is 16.6. The van der Waals surface area contributed by atoms with Gasteiger partial charge in [-0.25, -0.2) is 19.4 Å². The molecule has 3 saturated heterocycles. The number of amides is 1. The van der Waals surface area contributed by atoms with E-state index in [0.29, 0.717) is 47.8 Å². The van der Waals surface area contributed by atoms with E-state index in [1.165, 1.54) is 18.5 Å². The molecule has 6 rings (SSSR count). The van der Waals surface area contributed by atoms with Crippen molar-refractivity contribution in [3.8, 4) is 5.75 Å². The predicted molar refractivity (Wildman–Crippen MR) is 183 cm³/mol. The molecule has 1 aromatic heterocycles. The maximum absolute atomic E-state index is 14.3. The Hall–Kier alpha value is -3.97. The van der Waals surface area contributed by atoms with Crippen molar-refractivity contribution >= 4 is 46.2 Å². The van der Waals surface area contributed by atoms with Gasteiger partial charge in [0.1, 0.15) is 23.7 Å². The Morgan fingerprint density at radius 1 is 1.09 bits per heavy atom. The van der Waals surface area contributed by atoms with Gasteiger partial charge in [0.05, 0.1) is 41.8 Å². The molecule has 0 aliphatic carbocycles. The maximum Gasteiger partial charge on any atom is 0.247 e. The third kappa shape index (κ3) is 7.46. The van der Waals surface area contributed by atoms with Crippen LogP contribution in [0.2, 0.25) is 5.02 Å². The summed E-state index contributed by atoms with van der Waals surface area (Å²) in [5.41, 5.74) is 2.89. The van der Waals surface area contributed by atoms with Crippen LogP contribution in [0, 0.1) is 5.82 Å². The van der Waals surface area contributed by atoms with Gasteiger partial charge in [-0.15, -0.1) is 0 Å². The fourth-order valence-electron chi connectivity index (χ4n) is 6.69. The van der Waals surface area contributed by atoms with Crippen LogP contribution in [0.25, 0.3) is 0 Å². The van der Waals surface area contributed by atoms with Crippen molar-refractivity contribution in [2.24, 2.45) is 0 Å². The zero-order valence-corrected chi connectivity index (χ0v) is 27.7. The van der Waals surface area contributed by atoms with Crippen molar-refractivity contribution in [2.45, 2.75) is 38.3 Å². The number of methoxy groups -OCH3 is 1. The molecule has 0 spiro atoms. The van der Waals surface area contributed by atoms with Crippen molar-refractivity contribution in [1.82, 2.24) is 19.8 Å². The Kier molecular flexibility index (Phi) is 10.4. The highest BCUT2D eigenvalue weighted by molar-refractivity contribution is 6.30. The summed E-state index contributed by atoms with van der Waals surface area (Å²) >= 11 is 5.91. The molecule has 2 aromatic carbocycles. The molecule has 11 nitrogen and oxygen atoms in total. The number of rotatable bonds is 10. The largest absolute Gasteiger partial charge is 0.494 e. The number of piperazine rings is 1. The minimum Gasteiger partial charge on any atom is -0.494 e. The first kappa shape index (κ1) is 33.0. The third-order valence-electron chi connectivity index (χ3n) is 9.31. The molecule has 1 atom stereocenters. The van der Waals surface area contributed by atoms with E-state index in [-0.39, 0.29) is 17.0 Å². The van der Waals surface area contributed by atoms with Gasteiger partial charge in [0.15, 0.2) is 5.82 Å². The molecule has 47 heavy (non-hydrogen) atoms. The Labute approximate surface area is 280 Å². The highest BCUT2D eigenvalue weighted by Crippen LogP contribution is 2.41. The number of nitrogens with one attached hydrogen (secondary N) is 2. The van der Waals surface area contributed by atoms with E-state index in [9.17, 15) is 9.18 Å². The van der Waals surface area contributed by atoms with Gasteiger partial charge in [-0.2, -0.15) is 0 Å². The molecule has 0 bridgehead atoms. The first-order chi connectivity index (χ1) is 22.9. The average molecular weight is 665 g/mol. The Balaban J connectivity index is 1.21. The van der Waals surface area contributed by atoms with Crippen LogP contribution in [0.3, 0.4) is 0 Å². The summed E-state index contributed by atoms with van der Waals surface area (Å²) in [7, 11) is 1.62. The summed E-state index contributed by atoms with van der Waals surface area (Å²) in [6.45, 7) is 13.7. The first-order valence-electron chi connectivity index (χ1n) is 16.2. The fraction of sp³-hybridized carbons (Fsp3) is 0.441. The molecule has 1 amide bonds. The Bertz CT molecular complexity index is 1580. The van der Waals surface area contributed by atoms with Crippen molar-refractivity contribution < 1.29 is 18.8 Å². The number of anilines is 5. The summed E-state index contributed by atoms with van der Waals surface area (Å²) in [6, 6.07) is 10.7. The van der Waals surface area contributed by atoms with Crippen LogP contribution < -0.4 is 25.3 Å². The fourth-order valence-corrected chi connectivity index (χ4v) is 6.81. The molecule has 250 valence electrons. The molecule has 4 heterocycles. The molecule has 3 aliphatic rings. The highest BCUT2D eigenvalue weighted by atomic mass is 35.5. The van der Waals surface area contributed by atoms with Gasteiger partial charge in [0, 0.05) is 63.9 Å². The van der Waals surface area contributed by atoms with Crippen LogP contribution >= 0.6 is 11.6 Å². The lowest BCUT2D eigenvalue weighted by atomic mass is 10.0. The number of piperidine rings is 1. The second kappa shape index (κ2) is 14.8. The Morgan fingerprint density at radius 2 is 1.87 bits per heavy atom. The van der Waals surface area contributed by atoms with Crippen molar-refractivity contribution in [3.05, 3.63) is 71.8 Å². The molecule has 0 unspecified atom stereocenters. The normalized spacial score (nSPS) is 19.5. The molecule has 0 radical (unpaired) electrons. The van der Waals surface area contributed by atoms with Crippen LogP contribution in [0.4, 0.5) is 33.1 Å². The van der Waals surface area contributed by atoms with E-state index in [4.69, 9.17) is 21.2 Å². The number of likely N-dealkylation sites (N-methyl/N-ethyl adjacent to an activating group) is 1. The number of benzene rings is 2. The number of aromatic nitrogens is 2. The third-order valence-corrected chi connectivity index (χ3v) is 9.62. The second-order valence-corrected chi connectivity index (χ2v) is 12.4. The van der Waals surface area contributed by atoms with Gasteiger partial charge in [-0.1, -0.05) is 31.2 Å². The van der Waals surface area contributed by atoms with Crippen LogP contribution in [-0.2, 0) is 9.63 Å². The number of nitrogens with zero attached hydrogens (tertiary/aromatic N) is 6. The zero-order chi connectivity index (χ0) is 32.9. The van der Waals surface area contributed by atoms with Crippen LogP contribution in [-0.4, -0.2) is 91.2 Å². The molecule has 3 fully saturated rings. The van der Waals surface area contributed by atoms with E-state index in [1.807, 2.05) is 12.1 Å². The molecule has 13 heteroatoms. The summed E-state index contributed by atoms with van der Waals surface area (Å²) < 4.78 is 20.1. The van der Waals surface area contributed by atoms with Gasteiger partial charge in [-0.05, 0) is 49.2 Å². The summed E-state index contributed by atoms with van der Waals surface area (Å²) in [5.74, 6) is 0.816. The predicted octanol–water partition coefficient (Wildman–Crippen LogP) is 5.64. The monoisotopic (exact) mass is 664 g/mol. The summed E-state index contributed by atoms with van der Waals surface area (Å²) in [5, 5.41) is 8.07. The topological polar surface area (TPSA) is 98.3 Å². The lowest BCUT2D eigenvalue weighted by Crippen LogP contribution is -2.53. The van der Waals surface area contributed by atoms with Crippen LogP contribution in [0.15, 0.2) is 55.4 Å². The highest BCUT2D eigenvalue weighted by Gasteiger charge is 2.31. The number of carbonyl (C=O) groups excluding carboxylic acids is 1. The van der Waals surface area contributed by atoms with E-state index >= 15 is 0 Å². The molecule has 3 aromatic rings. The molecular formula is C34H42ClFN8O3. The molecule has 2 N–H and O–H groups in total. The maximum atomic E-state index is 14.3. The lowest BCUT2D eigenvalue weighted by Gasteiger charge is -2.43. The minimum atomic E-state index is -0.481. The zero-order valence-electron chi connectivity index (χ0n) is 26.9. The van der Waals surface area contributed by atoms with Gasteiger partial charge in [0.25, 0.3) is 0 Å². The summed E-state index contributed by atoms with van der Waals surface area (Å²) in [6.07, 6.45) is 5.46. The van der Waals surface area contributed by atoms with Crippen molar-refractivity contribution in [1.29, 1.82) is 0 Å². The molecular weight excluding hydrogens is 623 g/mol. The van der Waals surface area contributed by atoms with Crippen LogP contribution in [0.5, 0.6) is 5.75 Å². The van der Waals surface area contributed by atoms with Gasteiger partial charge in [-0.3, -0.25) is 14.5 Å². The average Bonchev–Trinajstić information content (AvgIpc) is 3.60. The smallest absolute Gasteiger partial charge is 0.247 e. The standard InChI is InChI=1S/C34H42ClFN8O3/c1-4-34(45)40-27-19-28(31(46-3)20-30(27)43-11-8-24(9-12-43)42-15-13-41(5-2)14-16-42)39-32-21-33(38-22-37-32)44-29(10-17-47-44)23-6-7-25(35)26(36)18-23/h4,6-7,18-22,24,29H,1,5,8-17H2,2-3H3,(H,40,45)(H,37,38,39)/t29-/m1/s1. The number of hydrogen-bond donors (Lipinski definition) is 2.